The summed E-state index contributed by atoms with van der Waals surface area (Å²) in [7, 11) is 0. The molecule has 0 spiro atoms. The summed E-state index contributed by atoms with van der Waals surface area (Å²) >= 11 is 6.02. The first-order valence-corrected chi connectivity index (χ1v) is 7.62. The maximum atomic E-state index is 6.02. The Bertz CT molecular complexity index is 187. The number of hydrogen-bond donors (Lipinski definition) is 1. The van der Waals surface area contributed by atoms with Crippen LogP contribution in [-0.2, 0) is 4.74 Å². The molecule has 0 aromatic rings. The average molecular weight is 262 g/mol. The second-order valence-corrected chi connectivity index (χ2v) is 5.94. The van der Waals surface area contributed by atoms with Crippen LogP contribution in [0.1, 0.15) is 39.5 Å². The van der Waals surface area contributed by atoms with E-state index in [4.69, 9.17) is 16.3 Å². The number of halogens is 1. The van der Waals surface area contributed by atoms with Gasteiger partial charge in [-0.3, -0.25) is 0 Å². The Balaban J connectivity index is 2.01. The van der Waals surface area contributed by atoms with Crippen molar-refractivity contribution in [3.8, 4) is 0 Å². The molecule has 0 amide bonds. The topological polar surface area (TPSA) is 21.3 Å². The molecular formula is C14H28ClNO. The van der Waals surface area contributed by atoms with E-state index in [1.54, 1.807) is 0 Å². The van der Waals surface area contributed by atoms with Crippen molar-refractivity contribution < 1.29 is 4.74 Å². The summed E-state index contributed by atoms with van der Waals surface area (Å²) < 4.78 is 5.55. The number of rotatable bonds is 8. The molecule has 0 aliphatic heterocycles. The van der Waals surface area contributed by atoms with E-state index in [9.17, 15) is 0 Å². The lowest BCUT2D eigenvalue weighted by Crippen LogP contribution is -2.33. The van der Waals surface area contributed by atoms with Crippen molar-refractivity contribution >= 4 is 11.6 Å². The van der Waals surface area contributed by atoms with E-state index < -0.39 is 0 Å². The molecule has 2 atom stereocenters. The molecule has 1 aliphatic rings. The van der Waals surface area contributed by atoms with E-state index in [1.165, 1.54) is 25.7 Å². The highest BCUT2D eigenvalue weighted by Crippen LogP contribution is 2.30. The number of ether oxygens (including phenoxy) is 1. The minimum absolute atomic E-state index is 0.633. The Hall–Kier alpha value is 0.210. The molecule has 0 aromatic heterocycles. The Morgan fingerprint density at radius 3 is 2.59 bits per heavy atom. The van der Waals surface area contributed by atoms with Gasteiger partial charge in [0.1, 0.15) is 0 Å². The van der Waals surface area contributed by atoms with Crippen molar-refractivity contribution in [2.45, 2.75) is 39.5 Å². The van der Waals surface area contributed by atoms with Gasteiger partial charge in [-0.05, 0) is 37.1 Å². The molecule has 3 heteroatoms. The lowest BCUT2D eigenvalue weighted by atomic mass is 9.80. The molecule has 1 N–H and O–H groups in total. The normalized spacial score (nSPS) is 25.4. The molecule has 2 unspecified atom stereocenters. The van der Waals surface area contributed by atoms with Crippen LogP contribution in [0.5, 0.6) is 0 Å². The summed E-state index contributed by atoms with van der Waals surface area (Å²) in [4.78, 5) is 0. The largest absolute Gasteiger partial charge is 0.380 e. The first-order chi connectivity index (χ1) is 8.24. The van der Waals surface area contributed by atoms with Gasteiger partial charge < -0.3 is 10.1 Å². The third-order valence-corrected chi connectivity index (χ3v) is 3.94. The fourth-order valence-corrected chi connectivity index (χ4v) is 2.91. The highest BCUT2D eigenvalue weighted by atomic mass is 35.5. The van der Waals surface area contributed by atoms with Gasteiger partial charge in [-0.25, -0.2) is 0 Å². The Labute approximate surface area is 111 Å². The van der Waals surface area contributed by atoms with E-state index in [0.717, 1.165) is 44.0 Å². The summed E-state index contributed by atoms with van der Waals surface area (Å²) in [5.41, 5.74) is 0. The molecule has 102 valence electrons. The summed E-state index contributed by atoms with van der Waals surface area (Å²) in [5, 5.41) is 3.51. The van der Waals surface area contributed by atoms with Crippen molar-refractivity contribution in [2.75, 3.05) is 32.2 Å². The highest BCUT2D eigenvalue weighted by Gasteiger charge is 2.23. The minimum Gasteiger partial charge on any atom is -0.380 e. The fourth-order valence-electron chi connectivity index (χ4n) is 2.51. The molecule has 1 fully saturated rings. The maximum absolute atomic E-state index is 6.02. The third kappa shape index (κ3) is 6.64. The van der Waals surface area contributed by atoms with Crippen LogP contribution in [0.4, 0.5) is 0 Å². The lowest BCUT2D eigenvalue weighted by Gasteiger charge is -2.30. The molecule has 0 saturated heterocycles. The van der Waals surface area contributed by atoms with E-state index in [0.29, 0.717) is 5.92 Å². The van der Waals surface area contributed by atoms with Gasteiger partial charge in [-0.2, -0.15) is 0 Å². The van der Waals surface area contributed by atoms with Gasteiger partial charge in [0.25, 0.3) is 0 Å². The van der Waals surface area contributed by atoms with Gasteiger partial charge in [0.05, 0.1) is 6.61 Å². The predicted octanol–water partition coefficient (Wildman–Crippen LogP) is 3.29. The summed E-state index contributed by atoms with van der Waals surface area (Å²) in [5.74, 6) is 2.98. The van der Waals surface area contributed by atoms with Crippen LogP contribution in [0.25, 0.3) is 0 Å². The molecule has 2 nitrogen and oxygen atoms in total. The van der Waals surface area contributed by atoms with Crippen LogP contribution < -0.4 is 5.32 Å². The van der Waals surface area contributed by atoms with E-state index in [2.05, 4.69) is 19.2 Å². The number of nitrogens with one attached hydrogen (secondary N) is 1. The van der Waals surface area contributed by atoms with Crippen LogP contribution in [0, 0.1) is 17.8 Å². The Morgan fingerprint density at radius 2 is 1.94 bits per heavy atom. The van der Waals surface area contributed by atoms with Crippen LogP contribution >= 0.6 is 11.6 Å². The minimum atomic E-state index is 0.633. The van der Waals surface area contributed by atoms with Gasteiger partial charge in [0, 0.05) is 19.0 Å². The second kappa shape index (κ2) is 9.18. The van der Waals surface area contributed by atoms with E-state index in [-0.39, 0.29) is 0 Å². The summed E-state index contributed by atoms with van der Waals surface area (Å²) in [6.07, 6.45) is 5.41. The molecule has 0 bridgehead atoms. The van der Waals surface area contributed by atoms with Gasteiger partial charge in [-0.1, -0.05) is 26.7 Å². The quantitative estimate of drug-likeness (QED) is 0.535. The van der Waals surface area contributed by atoms with Gasteiger partial charge in [0.15, 0.2) is 0 Å². The van der Waals surface area contributed by atoms with E-state index >= 15 is 0 Å². The van der Waals surface area contributed by atoms with E-state index in [1.807, 2.05) is 0 Å². The van der Waals surface area contributed by atoms with Gasteiger partial charge in [0.2, 0.25) is 0 Å². The molecule has 1 aliphatic carbocycles. The fraction of sp³-hybridized carbons (Fsp3) is 1.00. The number of hydrogen-bond acceptors (Lipinski definition) is 2. The Morgan fingerprint density at radius 1 is 1.24 bits per heavy atom. The summed E-state index contributed by atoms with van der Waals surface area (Å²) in [6.45, 7) is 8.15. The molecule has 0 aromatic carbocycles. The predicted molar refractivity (Wildman–Crippen MR) is 74.7 cm³/mol. The number of alkyl halides is 1. The van der Waals surface area contributed by atoms with Crippen molar-refractivity contribution in [1.82, 2.24) is 5.32 Å². The first kappa shape index (κ1) is 15.3. The molecule has 0 heterocycles. The van der Waals surface area contributed by atoms with Crippen molar-refractivity contribution in [2.24, 2.45) is 17.8 Å². The van der Waals surface area contributed by atoms with Crippen molar-refractivity contribution in [3.05, 3.63) is 0 Å². The monoisotopic (exact) mass is 261 g/mol. The SMILES string of the molecule is CC(C)COCCNCC1CCCCC1CCl. The third-order valence-electron chi connectivity index (χ3n) is 3.55. The smallest absolute Gasteiger partial charge is 0.0591 e. The van der Waals surface area contributed by atoms with Crippen molar-refractivity contribution in [1.29, 1.82) is 0 Å². The zero-order valence-electron chi connectivity index (χ0n) is 11.4. The average Bonchev–Trinajstić information content (AvgIpc) is 2.33. The van der Waals surface area contributed by atoms with Crippen molar-refractivity contribution in [3.63, 3.8) is 0 Å². The molecule has 17 heavy (non-hydrogen) atoms. The van der Waals surface area contributed by atoms with Gasteiger partial charge in [-0.15, -0.1) is 11.6 Å². The van der Waals surface area contributed by atoms with Crippen LogP contribution in [0.2, 0.25) is 0 Å². The first-order valence-electron chi connectivity index (χ1n) is 7.08. The molecule has 1 rings (SSSR count). The van der Waals surface area contributed by atoms with Crippen LogP contribution in [0.15, 0.2) is 0 Å². The second-order valence-electron chi connectivity index (χ2n) is 5.63. The molecular weight excluding hydrogens is 234 g/mol. The van der Waals surface area contributed by atoms with Crippen LogP contribution in [-0.4, -0.2) is 32.2 Å². The maximum Gasteiger partial charge on any atom is 0.0591 e. The van der Waals surface area contributed by atoms with Gasteiger partial charge >= 0.3 is 0 Å². The standard InChI is InChI=1S/C14H28ClNO/c1-12(2)11-17-8-7-16-10-14-6-4-3-5-13(14)9-15/h12-14,16H,3-11H2,1-2H3. The zero-order chi connectivity index (χ0) is 12.5. The highest BCUT2D eigenvalue weighted by molar-refractivity contribution is 6.18. The summed E-state index contributed by atoms with van der Waals surface area (Å²) in [6, 6.07) is 0. The Kier molecular flexibility index (Phi) is 8.25. The zero-order valence-corrected chi connectivity index (χ0v) is 12.1. The van der Waals surface area contributed by atoms with Crippen LogP contribution in [0.3, 0.4) is 0 Å². The molecule has 0 radical (unpaired) electrons. The lowest BCUT2D eigenvalue weighted by molar-refractivity contribution is 0.110. The molecule has 1 saturated carbocycles.